The van der Waals surface area contributed by atoms with Gasteiger partial charge in [0.25, 0.3) is 0 Å². The largest absolute Gasteiger partial charge is 0.383 e. The van der Waals surface area contributed by atoms with E-state index in [1.54, 1.807) is 7.11 Å². The van der Waals surface area contributed by atoms with Crippen LogP contribution in [-0.2, 0) is 9.53 Å². The second-order valence-electron chi connectivity index (χ2n) is 4.45. The molecular formula is C12H26N2O2. The number of hydrogen-bond acceptors (Lipinski definition) is 3. The molecule has 4 nitrogen and oxygen atoms in total. The van der Waals surface area contributed by atoms with E-state index in [0.717, 1.165) is 19.3 Å². The molecule has 0 saturated carbocycles. The minimum Gasteiger partial charge on any atom is -0.383 e. The Bertz CT molecular complexity index is 195. The summed E-state index contributed by atoms with van der Waals surface area (Å²) in [6.07, 6.45) is 3.18. The van der Waals surface area contributed by atoms with E-state index in [9.17, 15) is 4.79 Å². The van der Waals surface area contributed by atoms with Gasteiger partial charge in [0.15, 0.2) is 0 Å². The maximum Gasteiger partial charge on any atom is 0.224 e. The van der Waals surface area contributed by atoms with Crippen molar-refractivity contribution in [3.05, 3.63) is 0 Å². The first-order valence-electron chi connectivity index (χ1n) is 6.07. The number of carbonyl (C=O) groups is 1. The van der Waals surface area contributed by atoms with Gasteiger partial charge in [-0.1, -0.05) is 26.7 Å². The van der Waals surface area contributed by atoms with E-state index < -0.39 is 0 Å². The number of amides is 1. The molecule has 0 aliphatic rings. The van der Waals surface area contributed by atoms with Crippen molar-refractivity contribution in [1.82, 2.24) is 5.32 Å². The molecule has 0 aromatic rings. The summed E-state index contributed by atoms with van der Waals surface area (Å²) >= 11 is 0. The number of nitrogens with one attached hydrogen (secondary N) is 1. The average molecular weight is 230 g/mol. The van der Waals surface area contributed by atoms with Crippen LogP contribution in [0.2, 0.25) is 0 Å². The maximum atomic E-state index is 11.8. The van der Waals surface area contributed by atoms with Gasteiger partial charge in [0.05, 0.1) is 12.6 Å². The normalized spacial score (nSPS) is 16.6. The summed E-state index contributed by atoms with van der Waals surface area (Å²) in [6.45, 7) is 6.40. The molecule has 3 unspecified atom stereocenters. The second-order valence-corrected chi connectivity index (χ2v) is 4.45. The molecular weight excluding hydrogens is 204 g/mol. The first-order valence-corrected chi connectivity index (χ1v) is 6.07. The minimum absolute atomic E-state index is 0.0214. The lowest BCUT2D eigenvalue weighted by Crippen LogP contribution is -2.45. The summed E-state index contributed by atoms with van der Waals surface area (Å²) in [5.41, 5.74) is 5.69. The molecule has 0 saturated heterocycles. The molecule has 0 aromatic carbocycles. The smallest absolute Gasteiger partial charge is 0.224 e. The number of methoxy groups -OCH3 is 1. The van der Waals surface area contributed by atoms with E-state index in [0.29, 0.717) is 6.61 Å². The average Bonchev–Trinajstić information content (AvgIpc) is 2.24. The molecule has 0 spiro atoms. The lowest BCUT2D eigenvalue weighted by Gasteiger charge is -2.21. The molecule has 0 aliphatic heterocycles. The number of unbranched alkanes of at least 4 members (excludes halogenated alkanes) is 1. The Morgan fingerprint density at radius 1 is 1.44 bits per heavy atom. The molecule has 0 fully saturated rings. The molecule has 3 N–H and O–H groups in total. The lowest BCUT2D eigenvalue weighted by atomic mass is 10.0. The summed E-state index contributed by atoms with van der Waals surface area (Å²) in [7, 11) is 1.65. The van der Waals surface area contributed by atoms with Gasteiger partial charge < -0.3 is 15.8 Å². The topological polar surface area (TPSA) is 64.3 Å². The molecule has 0 heterocycles. The third kappa shape index (κ3) is 6.08. The van der Waals surface area contributed by atoms with E-state index in [1.165, 1.54) is 0 Å². The number of carbonyl (C=O) groups excluding carboxylic acids is 1. The zero-order valence-corrected chi connectivity index (χ0v) is 11.0. The Morgan fingerprint density at radius 2 is 2.06 bits per heavy atom. The summed E-state index contributed by atoms with van der Waals surface area (Å²) < 4.78 is 5.10. The molecule has 0 rings (SSSR count). The quantitative estimate of drug-likeness (QED) is 0.660. The molecule has 0 aliphatic carbocycles. The molecule has 0 radical (unpaired) electrons. The predicted octanol–water partition coefficient (Wildman–Crippen LogP) is 1.29. The van der Waals surface area contributed by atoms with Crippen molar-refractivity contribution in [3.63, 3.8) is 0 Å². The van der Waals surface area contributed by atoms with Crippen LogP contribution in [0, 0.1) is 5.92 Å². The number of nitrogens with two attached hydrogens (primary N) is 1. The highest BCUT2D eigenvalue weighted by Crippen LogP contribution is 2.05. The Hall–Kier alpha value is -0.610. The third-order valence-electron chi connectivity index (χ3n) is 2.82. The van der Waals surface area contributed by atoms with Gasteiger partial charge in [0.1, 0.15) is 0 Å². The van der Waals surface area contributed by atoms with Crippen molar-refractivity contribution >= 4 is 5.91 Å². The standard InChI is InChI=1S/C12H26N2O2/c1-5-6-7-11(8-16-4)14-12(15)9(2)10(3)13/h9-11H,5-8,13H2,1-4H3,(H,14,15). The van der Waals surface area contributed by atoms with Crippen LogP contribution in [0.25, 0.3) is 0 Å². The molecule has 0 bridgehead atoms. The molecule has 0 aromatic heterocycles. The van der Waals surface area contributed by atoms with Crippen molar-refractivity contribution in [2.24, 2.45) is 11.7 Å². The summed E-state index contributed by atoms with van der Waals surface area (Å²) in [6, 6.07) is -0.00646. The van der Waals surface area contributed by atoms with Crippen molar-refractivity contribution in [2.45, 2.75) is 52.1 Å². The molecule has 4 heteroatoms. The van der Waals surface area contributed by atoms with E-state index in [-0.39, 0.29) is 23.9 Å². The van der Waals surface area contributed by atoms with E-state index in [1.807, 2.05) is 13.8 Å². The van der Waals surface area contributed by atoms with Crippen molar-refractivity contribution in [1.29, 1.82) is 0 Å². The maximum absolute atomic E-state index is 11.8. The van der Waals surface area contributed by atoms with Crippen LogP contribution >= 0.6 is 0 Å². The highest BCUT2D eigenvalue weighted by atomic mass is 16.5. The Kier molecular flexibility index (Phi) is 8.21. The van der Waals surface area contributed by atoms with Crippen LogP contribution in [0.5, 0.6) is 0 Å². The Labute approximate surface area is 98.9 Å². The number of rotatable bonds is 8. The zero-order valence-electron chi connectivity index (χ0n) is 11.0. The fourth-order valence-electron chi connectivity index (χ4n) is 1.42. The predicted molar refractivity (Wildman–Crippen MR) is 66.1 cm³/mol. The van der Waals surface area contributed by atoms with Crippen LogP contribution in [0.4, 0.5) is 0 Å². The highest BCUT2D eigenvalue weighted by molar-refractivity contribution is 5.79. The van der Waals surface area contributed by atoms with Gasteiger partial charge in [-0.05, 0) is 13.3 Å². The first-order chi connectivity index (χ1) is 7.52. The van der Waals surface area contributed by atoms with Crippen LogP contribution in [0.3, 0.4) is 0 Å². The lowest BCUT2D eigenvalue weighted by molar-refractivity contribution is -0.126. The van der Waals surface area contributed by atoms with Gasteiger partial charge in [0, 0.05) is 19.1 Å². The number of ether oxygens (including phenoxy) is 1. The van der Waals surface area contributed by atoms with E-state index >= 15 is 0 Å². The Balaban J connectivity index is 4.11. The fourth-order valence-corrected chi connectivity index (χ4v) is 1.42. The van der Waals surface area contributed by atoms with Crippen LogP contribution in [0.1, 0.15) is 40.0 Å². The molecule has 16 heavy (non-hydrogen) atoms. The van der Waals surface area contributed by atoms with Gasteiger partial charge in [0.2, 0.25) is 5.91 Å². The summed E-state index contributed by atoms with van der Waals surface area (Å²) in [5, 5.41) is 2.99. The third-order valence-corrected chi connectivity index (χ3v) is 2.82. The van der Waals surface area contributed by atoms with Gasteiger partial charge in [-0.3, -0.25) is 4.79 Å². The fraction of sp³-hybridized carbons (Fsp3) is 0.917. The van der Waals surface area contributed by atoms with Crippen molar-refractivity contribution in [2.75, 3.05) is 13.7 Å². The van der Waals surface area contributed by atoms with Crippen molar-refractivity contribution in [3.8, 4) is 0 Å². The number of hydrogen-bond donors (Lipinski definition) is 2. The van der Waals surface area contributed by atoms with Crippen LogP contribution in [0.15, 0.2) is 0 Å². The van der Waals surface area contributed by atoms with Gasteiger partial charge in [-0.25, -0.2) is 0 Å². The SMILES string of the molecule is CCCCC(COC)NC(=O)C(C)C(C)N. The zero-order chi connectivity index (χ0) is 12.6. The second kappa shape index (κ2) is 8.53. The first kappa shape index (κ1) is 15.4. The van der Waals surface area contributed by atoms with E-state index in [4.69, 9.17) is 10.5 Å². The van der Waals surface area contributed by atoms with Gasteiger partial charge >= 0.3 is 0 Å². The monoisotopic (exact) mass is 230 g/mol. The summed E-state index contributed by atoms with van der Waals surface area (Å²) in [5.74, 6) is -0.130. The van der Waals surface area contributed by atoms with Crippen molar-refractivity contribution < 1.29 is 9.53 Å². The molecule has 1 amide bonds. The molecule has 3 atom stereocenters. The van der Waals surface area contributed by atoms with Gasteiger partial charge in [-0.2, -0.15) is 0 Å². The highest BCUT2D eigenvalue weighted by Gasteiger charge is 2.20. The Morgan fingerprint density at radius 3 is 2.50 bits per heavy atom. The van der Waals surface area contributed by atoms with E-state index in [2.05, 4.69) is 12.2 Å². The van der Waals surface area contributed by atoms with Gasteiger partial charge in [-0.15, -0.1) is 0 Å². The van der Waals surface area contributed by atoms with Crippen LogP contribution < -0.4 is 11.1 Å². The van der Waals surface area contributed by atoms with Crippen LogP contribution in [-0.4, -0.2) is 31.7 Å². The minimum atomic E-state index is -0.152. The summed E-state index contributed by atoms with van der Waals surface area (Å²) in [4.78, 5) is 11.8. The molecule has 96 valence electrons.